The van der Waals surface area contributed by atoms with Crippen molar-refractivity contribution in [2.45, 2.75) is 293 Å². The quantitative estimate of drug-likeness (QED) is 0.134. The van der Waals surface area contributed by atoms with Crippen molar-refractivity contribution >= 4 is 69.3 Å². The molecule has 0 saturated heterocycles. The third-order valence-electron chi connectivity index (χ3n) is 15.8. The standard InChI is InChI=1S/2C11H24O.C9H20O.C8H18O.2C7H16O.C6H14O.7H3P/c1-9(2)7-11(5,12-6)8-10(3)4;1-9(2,3)11(7,12-8)10(4,5)6;1-7(2)9(5,10-6)8(3)4;1-7(2,3)8(4,5)9-6;1-6(2)7(3,4)8-5;1-5-7(3,6-2)8-4;1-5-6(2,3)7-4;;;;;;;/h9-10H,7-8H2,1-6H3;1-8H3;7-8H,1-6H3;1-6H3;6H,1-5H3;5-6H2,1-4H3;5H2,1-4H3;7*1H3. The van der Waals surface area contributed by atoms with Gasteiger partial charge in [0.15, 0.2) is 0 Å². The predicted octanol–water partition coefficient (Wildman–Crippen LogP) is 18.6. The van der Waals surface area contributed by atoms with Crippen LogP contribution in [-0.2, 0) is 33.2 Å². The normalized spacial score (nSPS) is 12.0. The smallest absolute Gasteiger partial charge is 0.0746 e. The van der Waals surface area contributed by atoms with Crippen LogP contribution in [0.25, 0.3) is 0 Å². The first-order chi connectivity index (χ1) is 29.0. The second-order valence-electron chi connectivity index (χ2n) is 25.9. The summed E-state index contributed by atoms with van der Waals surface area (Å²) in [5, 5.41) is 0. The highest BCUT2D eigenvalue weighted by atomic mass is 31.0. The largest absolute Gasteiger partial charge is 0.379 e. The van der Waals surface area contributed by atoms with Crippen molar-refractivity contribution < 1.29 is 33.2 Å². The minimum Gasteiger partial charge on any atom is -0.379 e. The summed E-state index contributed by atoms with van der Waals surface area (Å²) >= 11 is 0. The molecule has 7 atom stereocenters. The van der Waals surface area contributed by atoms with E-state index >= 15 is 0 Å². The molecular weight excluding hydrogens is 1040 g/mol. The van der Waals surface area contributed by atoms with E-state index in [0.29, 0.717) is 29.6 Å². The number of hydrogen-bond donors (Lipinski definition) is 0. The molecular formula is C59H153O7P7. The lowest BCUT2D eigenvalue weighted by atomic mass is 9.63. The Morgan fingerprint density at radius 3 is 0.616 bits per heavy atom. The highest BCUT2D eigenvalue weighted by molar-refractivity contribution is 6.93. The second-order valence-corrected chi connectivity index (χ2v) is 25.9. The van der Waals surface area contributed by atoms with Crippen molar-refractivity contribution in [2.75, 3.05) is 49.8 Å². The molecule has 0 aliphatic rings. The summed E-state index contributed by atoms with van der Waals surface area (Å²) < 4.78 is 37.5. The lowest BCUT2D eigenvalue weighted by molar-refractivity contribution is -0.148. The maximum atomic E-state index is 5.67. The molecule has 0 aromatic rings. The van der Waals surface area contributed by atoms with Gasteiger partial charge < -0.3 is 33.2 Å². The van der Waals surface area contributed by atoms with E-state index < -0.39 is 0 Å². The molecule has 0 fully saturated rings. The zero-order valence-corrected chi connectivity index (χ0v) is 68.1. The second kappa shape index (κ2) is 50.5. The van der Waals surface area contributed by atoms with Gasteiger partial charge in [0.2, 0.25) is 0 Å². The van der Waals surface area contributed by atoms with E-state index in [4.69, 9.17) is 33.2 Å². The molecule has 466 valence electrons. The van der Waals surface area contributed by atoms with Gasteiger partial charge in [-0.15, -0.1) is 0 Å². The Kier molecular flexibility index (Phi) is 76.7. The monoisotopic (exact) mass is 1190 g/mol. The number of hydrogen-bond acceptors (Lipinski definition) is 7. The van der Waals surface area contributed by atoms with E-state index in [1.165, 1.54) is 0 Å². The van der Waals surface area contributed by atoms with Gasteiger partial charge in [0.05, 0.1) is 39.2 Å². The van der Waals surface area contributed by atoms with Crippen LogP contribution in [0, 0.1) is 45.8 Å². The number of rotatable bonds is 17. The molecule has 0 amide bonds. The van der Waals surface area contributed by atoms with Gasteiger partial charge in [-0.1, -0.05) is 152 Å². The average Bonchev–Trinajstić information content (AvgIpc) is 3.19. The lowest BCUT2D eigenvalue weighted by Gasteiger charge is -2.50. The fraction of sp³-hybridized carbons (Fsp3) is 1.00. The molecule has 0 bridgehead atoms. The number of methoxy groups -OCH3 is 7. The van der Waals surface area contributed by atoms with Crippen LogP contribution in [-0.4, -0.2) is 89.0 Å². The van der Waals surface area contributed by atoms with Crippen LogP contribution in [0.1, 0.15) is 254 Å². The van der Waals surface area contributed by atoms with Crippen molar-refractivity contribution in [3.05, 3.63) is 0 Å². The SMILES string of the molecule is CCC(C)(C)OC.CCC(C)(CC)OC.COC(C)(C(C)(C)C)C(C)(C)C.COC(C)(C(C)C)C(C)C.COC(C)(C)C(C)(C)C.COC(C)(C)C(C)C.COC(C)(CC(C)C)CC(C)C.P.P.P.P.P.P.P. The number of ether oxygens (including phenoxy) is 7. The van der Waals surface area contributed by atoms with E-state index in [1.807, 2.05) is 7.11 Å². The first-order valence-electron chi connectivity index (χ1n) is 25.9. The highest BCUT2D eigenvalue weighted by Gasteiger charge is 2.47. The van der Waals surface area contributed by atoms with Gasteiger partial charge in [0, 0.05) is 49.8 Å². The lowest BCUT2D eigenvalue weighted by Crippen LogP contribution is -2.52. The Morgan fingerprint density at radius 2 is 0.589 bits per heavy atom. The van der Waals surface area contributed by atoms with Crippen LogP contribution >= 0.6 is 69.3 Å². The van der Waals surface area contributed by atoms with Crippen LogP contribution in [0.15, 0.2) is 0 Å². The summed E-state index contributed by atoms with van der Waals surface area (Å²) in [7, 11) is 12.4. The summed E-state index contributed by atoms with van der Waals surface area (Å²) in [5.41, 5.74) is 0.830. The molecule has 0 spiro atoms. The maximum Gasteiger partial charge on any atom is 0.0746 e. The Hall–Kier alpha value is 2.73. The molecule has 0 radical (unpaired) electrons. The summed E-state index contributed by atoms with van der Waals surface area (Å²) in [6.07, 6.45) is 5.58. The Morgan fingerprint density at radius 1 is 0.301 bits per heavy atom. The Bertz CT molecular complexity index is 1070. The minimum atomic E-state index is -0.0833. The third-order valence-corrected chi connectivity index (χ3v) is 15.8. The Balaban J connectivity index is -0.0000000460. The molecule has 0 aliphatic heterocycles. The Labute approximate surface area is 488 Å². The van der Waals surface area contributed by atoms with Crippen LogP contribution in [0.5, 0.6) is 0 Å². The van der Waals surface area contributed by atoms with Gasteiger partial charge >= 0.3 is 0 Å². The molecule has 7 nitrogen and oxygen atoms in total. The zero-order valence-electron chi connectivity index (χ0n) is 58.2. The molecule has 0 aromatic heterocycles. The van der Waals surface area contributed by atoms with Crippen LogP contribution in [0.2, 0.25) is 0 Å². The molecule has 0 aromatic carbocycles. The molecule has 0 heterocycles. The van der Waals surface area contributed by atoms with Gasteiger partial charge in [-0.05, 0) is 147 Å². The fourth-order valence-electron chi connectivity index (χ4n) is 6.08. The van der Waals surface area contributed by atoms with Crippen LogP contribution in [0.3, 0.4) is 0 Å². The first-order valence-corrected chi connectivity index (χ1v) is 25.9. The van der Waals surface area contributed by atoms with E-state index in [0.717, 1.165) is 32.1 Å². The first kappa shape index (κ1) is 111. The van der Waals surface area contributed by atoms with Gasteiger partial charge in [0.25, 0.3) is 0 Å². The summed E-state index contributed by atoms with van der Waals surface area (Å²) in [4.78, 5) is 0. The van der Waals surface area contributed by atoms with Crippen molar-refractivity contribution in [3.63, 3.8) is 0 Å². The van der Waals surface area contributed by atoms with Gasteiger partial charge in [-0.3, -0.25) is 0 Å². The summed E-state index contributed by atoms with van der Waals surface area (Å²) in [5.74, 6) is 3.19. The fourth-order valence-corrected chi connectivity index (χ4v) is 6.08. The maximum absolute atomic E-state index is 5.67. The van der Waals surface area contributed by atoms with E-state index in [9.17, 15) is 0 Å². The molecule has 0 saturated carbocycles. The van der Waals surface area contributed by atoms with Crippen molar-refractivity contribution in [2.24, 2.45) is 45.8 Å². The van der Waals surface area contributed by atoms with Gasteiger partial charge in [0.1, 0.15) is 0 Å². The van der Waals surface area contributed by atoms with Gasteiger partial charge in [-0.25, -0.2) is 0 Å². The van der Waals surface area contributed by atoms with Crippen molar-refractivity contribution in [1.82, 2.24) is 0 Å². The summed E-state index contributed by atoms with van der Waals surface area (Å²) in [6, 6.07) is 0. The van der Waals surface area contributed by atoms with Crippen molar-refractivity contribution in [1.29, 1.82) is 0 Å². The predicted molar refractivity (Wildman–Crippen MR) is 375 cm³/mol. The summed E-state index contributed by atoms with van der Waals surface area (Å²) in [6.45, 7) is 69.6. The minimum absolute atomic E-state index is 0. The van der Waals surface area contributed by atoms with E-state index in [2.05, 4.69) is 222 Å². The molecule has 7 unspecified atom stereocenters. The zero-order chi connectivity index (χ0) is 55.4. The molecule has 0 rings (SSSR count). The average molecular weight is 1190 g/mol. The van der Waals surface area contributed by atoms with Crippen molar-refractivity contribution in [3.8, 4) is 0 Å². The molecule has 0 N–H and O–H groups in total. The molecule has 14 heteroatoms. The van der Waals surface area contributed by atoms with E-state index in [-0.39, 0.29) is 125 Å². The topological polar surface area (TPSA) is 64.6 Å². The van der Waals surface area contributed by atoms with Crippen LogP contribution in [0.4, 0.5) is 0 Å². The van der Waals surface area contributed by atoms with Crippen LogP contribution < -0.4 is 0 Å². The molecule has 73 heavy (non-hydrogen) atoms. The highest BCUT2D eigenvalue weighted by Crippen LogP contribution is 2.46. The third kappa shape index (κ3) is 51.4. The van der Waals surface area contributed by atoms with E-state index in [1.54, 1.807) is 42.7 Å². The van der Waals surface area contributed by atoms with Gasteiger partial charge in [-0.2, -0.15) is 69.3 Å². The molecule has 0 aliphatic carbocycles.